The van der Waals surface area contributed by atoms with Gasteiger partial charge in [0, 0.05) is 18.3 Å². The highest BCUT2D eigenvalue weighted by Crippen LogP contribution is 2.31. The second-order valence-corrected chi connectivity index (χ2v) is 5.07. The molecule has 0 aliphatic carbocycles. The zero-order valence-electron chi connectivity index (χ0n) is 13.2. The molecule has 1 unspecified atom stereocenters. The van der Waals surface area contributed by atoms with Crippen LogP contribution in [0.2, 0.25) is 0 Å². The zero-order chi connectivity index (χ0) is 17.0. The Labute approximate surface area is 134 Å². The van der Waals surface area contributed by atoms with Gasteiger partial charge in [-0.2, -0.15) is 5.26 Å². The Morgan fingerprint density at radius 2 is 1.91 bits per heavy atom. The van der Waals surface area contributed by atoms with Crippen LogP contribution in [0.25, 0.3) is 0 Å². The van der Waals surface area contributed by atoms with Crippen molar-refractivity contribution in [2.24, 2.45) is 7.05 Å². The van der Waals surface area contributed by atoms with Gasteiger partial charge >= 0.3 is 5.97 Å². The maximum Gasteiger partial charge on any atom is 0.311 e. The lowest BCUT2D eigenvalue weighted by Crippen LogP contribution is -2.28. The number of nitrogens with zero attached hydrogens (tertiary/aromatic N) is 2. The van der Waals surface area contributed by atoms with Gasteiger partial charge in [-0.15, -0.1) is 0 Å². The van der Waals surface area contributed by atoms with E-state index in [1.807, 2.05) is 6.07 Å². The average molecular weight is 314 g/mol. The number of rotatable bonds is 5. The molecule has 2 rings (SSSR count). The van der Waals surface area contributed by atoms with Gasteiger partial charge in [0.25, 0.3) is 0 Å². The first-order valence-electron chi connectivity index (χ1n) is 6.96. The molecule has 6 heteroatoms. The highest BCUT2D eigenvalue weighted by Gasteiger charge is 2.35. The van der Waals surface area contributed by atoms with Crippen molar-refractivity contribution in [3.05, 3.63) is 53.3 Å². The third kappa shape index (κ3) is 3.05. The Bertz CT molecular complexity index is 743. The number of methoxy groups -OCH3 is 2. The molecule has 1 aromatic carbocycles. The molecule has 1 N–H and O–H groups in total. The van der Waals surface area contributed by atoms with Gasteiger partial charge in [0.15, 0.2) is 0 Å². The minimum absolute atomic E-state index is 0.0666. The molecule has 0 aliphatic rings. The molecule has 1 atom stereocenters. The summed E-state index contributed by atoms with van der Waals surface area (Å²) in [5.74, 6) is 0.245. The SMILES string of the molecule is COC(=O)Cc1ccc(C(O)(C#N)c2ccc(OC)cc2)n1C. The van der Waals surface area contributed by atoms with E-state index in [-0.39, 0.29) is 12.4 Å². The fourth-order valence-electron chi connectivity index (χ4n) is 2.42. The van der Waals surface area contributed by atoms with E-state index < -0.39 is 5.60 Å². The highest BCUT2D eigenvalue weighted by molar-refractivity contribution is 5.72. The second-order valence-electron chi connectivity index (χ2n) is 5.07. The molecule has 2 aromatic rings. The Morgan fingerprint density at radius 3 is 2.43 bits per heavy atom. The number of carbonyl (C=O) groups excluding carboxylic acids is 1. The van der Waals surface area contributed by atoms with E-state index in [9.17, 15) is 15.2 Å². The normalized spacial score (nSPS) is 13.0. The van der Waals surface area contributed by atoms with Crippen LogP contribution in [0.4, 0.5) is 0 Å². The van der Waals surface area contributed by atoms with Gasteiger partial charge in [-0.25, -0.2) is 0 Å². The van der Waals surface area contributed by atoms with Gasteiger partial charge in [-0.05, 0) is 24.3 Å². The highest BCUT2D eigenvalue weighted by atomic mass is 16.5. The molecule has 0 spiro atoms. The van der Waals surface area contributed by atoms with Crippen LogP contribution in [0.1, 0.15) is 17.0 Å². The molecule has 0 aliphatic heterocycles. The van der Waals surface area contributed by atoms with Crippen LogP contribution in [-0.2, 0) is 28.6 Å². The molecule has 1 aromatic heterocycles. The number of benzene rings is 1. The van der Waals surface area contributed by atoms with Crippen molar-refractivity contribution in [1.29, 1.82) is 5.26 Å². The van der Waals surface area contributed by atoms with Crippen LogP contribution in [0, 0.1) is 11.3 Å². The van der Waals surface area contributed by atoms with E-state index in [0.29, 0.717) is 22.7 Å². The van der Waals surface area contributed by atoms with E-state index in [1.54, 1.807) is 55.1 Å². The second kappa shape index (κ2) is 6.55. The van der Waals surface area contributed by atoms with E-state index in [2.05, 4.69) is 4.74 Å². The molecular formula is C17H18N2O4. The summed E-state index contributed by atoms with van der Waals surface area (Å²) in [5, 5.41) is 20.4. The maximum absolute atomic E-state index is 11.4. The number of carbonyl (C=O) groups is 1. The molecule has 0 fully saturated rings. The lowest BCUT2D eigenvalue weighted by Gasteiger charge is -2.22. The first-order valence-corrected chi connectivity index (χ1v) is 6.96. The summed E-state index contributed by atoms with van der Waals surface area (Å²) in [6.07, 6.45) is 0.0666. The summed E-state index contributed by atoms with van der Waals surface area (Å²) in [5.41, 5.74) is -0.375. The summed E-state index contributed by atoms with van der Waals surface area (Å²) in [6, 6.07) is 11.9. The topological polar surface area (TPSA) is 84.5 Å². The first-order chi connectivity index (χ1) is 11.0. The monoisotopic (exact) mass is 314 g/mol. The summed E-state index contributed by atoms with van der Waals surface area (Å²) >= 11 is 0. The zero-order valence-corrected chi connectivity index (χ0v) is 13.2. The summed E-state index contributed by atoms with van der Waals surface area (Å²) in [6.45, 7) is 0. The van der Waals surface area contributed by atoms with Gasteiger partial charge in [0.1, 0.15) is 11.8 Å². The molecule has 0 radical (unpaired) electrons. The van der Waals surface area contributed by atoms with E-state index in [4.69, 9.17) is 4.74 Å². The predicted molar refractivity (Wildman–Crippen MR) is 82.7 cm³/mol. The van der Waals surface area contributed by atoms with Crippen molar-refractivity contribution in [3.63, 3.8) is 0 Å². The van der Waals surface area contributed by atoms with Gasteiger partial charge in [0.05, 0.1) is 26.3 Å². The van der Waals surface area contributed by atoms with Gasteiger partial charge in [-0.3, -0.25) is 4.79 Å². The van der Waals surface area contributed by atoms with Crippen LogP contribution in [0.15, 0.2) is 36.4 Å². The fraction of sp³-hybridized carbons (Fsp3) is 0.294. The minimum atomic E-state index is -1.82. The Morgan fingerprint density at radius 1 is 1.26 bits per heavy atom. The largest absolute Gasteiger partial charge is 0.497 e. The number of aromatic nitrogens is 1. The summed E-state index contributed by atoms with van der Waals surface area (Å²) in [4.78, 5) is 11.4. The minimum Gasteiger partial charge on any atom is -0.497 e. The molecular weight excluding hydrogens is 296 g/mol. The number of ether oxygens (including phenoxy) is 2. The van der Waals surface area contributed by atoms with Crippen LogP contribution < -0.4 is 4.74 Å². The Hall–Kier alpha value is -2.78. The number of hydrogen-bond acceptors (Lipinski definition) is 5. The van der Waals surface area contributed by atoms with Crippen LogP contribution in [-0.4, -0.2) is 29.9 Å². The average Bonchev–Trinajstić information content (AvgIpc) is 2.95. The quantitative estimate of drug-likeness (QED) is 0.668. The van der Waals surface area contributed by atoms with Crippen molar-refractivity contribution in [2.45, 2.75) is 12.0 Å². The lowest BCUT2D eigenvalue weighted by molar-refractivity contribution is -0.139. The smallest absolute Gasteiger partial charge is 0.311 e. The van der Waals surface area contributed by atoms with Gasteiger partial charge in [0.2, 0.25) is 5.60 Å². The third-order valence-electron chi connectivity index (χ3n) is 3.82. The lowest BCUT2D eigenvalue weighted by atomic mass is 9.92. The summed E-state index contributed by atoms with van der Waals surface area (Å²) in [7, 11) is 4.55. The van der Waals surface area contributed by atoms with E-state index in [1.165, 1.54) is 7.11 Å². The maximum atomic E-state index is 11.4. The van der Waals surface area contributed by atoms with Crippen LogP contribution >= 0.6 is 0 Å². The fourth-order valence-corrected chi connectivity index (χ4v) is 2.42. The predicted octanol–water partition coefficient (Wildman–Crippen LogP) is 1.51. The Kier molecular flexibility index (Phi) is 4.72. The van der Waals surface area contributed by atoms with E-state index in [0.717, 1.165) is 0 Å². The number of aliphatic hydroxyl groups is 1. The molecule has 0 amide bonds. The van der Waals surface area contributed by atoms with Crippen molar-refractivity contribution in [2.75, 3.05) is 14.2 Å². The van der Waals surface area contributed by atoms with Gasteiger partial charge < -0.3 is 19.1 Å². The molecule has 120 valence electrons. The third-order valence-corrected chi connectivity index (χ3v) is 3.82. The summed E-state index contributed by atoms with van der Waals surface area (Å²) < 4.78 is 11.4. The first kappa shape index (κ1) is 16.6. The molecule has 0 saturated heterocycles. The number of esters is 1. The molecule has 0 saturated carbocycles. The molecule has 23 heavy (non-hydrogen) atoms. The van der Waals surface area contributed by atoms with Crippen LogP contribution in [0.5, 0.6) is 5.75 Å². The number of nitriles is 1. The molecule has 0 bridgehead atoms. The standard InChI is InChI=1S/C17H18N2O4/c1-19-13(10-16(20)23-3)6-9-15(19)17(21,11-18)12-4-7-14(22-2)8-5-12/h4-9,21H,10H2,1-3H3. The molecule has 1 heterocycles. The van der Waals surface area contributed by atoms with Crippen molar-refractivity contribution in [3.8, 4) is 11.8 Å². The van der Waals surface area contributed by atoms with Crippen molar-refractivity contribution >= 4 is 5.97 Å². The van der Waals surface area contributed by atoms with E-state index >= 15 is 0 Å². The van der Waals surface area contributed by atoms with Crippen LogP contribution in [0.3, 0.4) is 0 Å². The van der Waals surface area contributed by atoms with Crippen molar-refractivity contribution < 1.29 is 19.4 Å². The Balaban J connectivity index is 2.44. The van der Waals surface area contributed by atoms with Gasteiger partial charge in [-0.1, -0.05) is 12.1 Å². The van der Waals surface area contributed by atoms with Crippen molar-refractivity contribution in [1.82, 2.24) is 4.57 Å². The molecule has 6 nitrogen and oxygen atoms in total. The number of hydrogen-bond donors (Lipinski definition) is 1.